The first-order chi connectivity index (χ1) is 6.58. The van der Waals surface area contributed by atoms with Gasteiger partial charge < -0.3 is 5.32 Å². The average Bonchev–Trinajstić information content (AvgIpc) is 2.13. The van der Waals surface area contributed by atoms with Crippen molar-refractivity contribution in [2.24, 2.45) is 0 Å². The van der Waals surface area contributed by atoms with Crippen molar-refractivity contribution in [2.75, 3.05) is 18.6 Å². The minimum Gasteiger partial charge on any atom is -0.314 e. The molecule has 0 saturated heterocycles. The first kappa shape index (κ1) is 11.7. The third kappa shape index (κ3) is 5.40. The Balaban J connectivity index is 2.07. The van der Waals surface area contributed by atoms with E-state index in [-0.39, 0.29) is 0 Å². The van der Waals surface area contributed by atoms with E-state index < -0.39 is 9.84 Å². The third-order valence-corrected chi connectivity index (χ3v) is 3.42. The fourth-order valence-electron chi connectivity index (χ4n) is 1.62. The molecule has 0 aromatic heterocycles. The summed E-state index contributed by atoms with van der Waals surface area (Å²) in [4.78, 5) is 0. The Hall–Kier alpha value is -0.350. The molecule has 0 fully saturated rings. The number of rotatable bonds is 5. The molecule has 0 aromatic carbocycles. The zero-order chi connectivity index (χ0) is 10.4. The zero-order valence-corrected chi connectivity index (χ0v) is 9.52. The van der Waals surface area contributed by atoms with Gasteiger partial charge in [0.2, 0.25) is 0 Å². The molecule has 4 heteroatoms. The van der Waals surface area contributed by atoms with E-state index in [2.05, 4.69) is 17.5 Å². The molecule has 0 aliphatic heterocycles. The van der Waals surface area contributed by atoms with Gasteiger partial charge in [0.1, 0.15) is 9.84 Å². The molecule has 0 amide bonds. The quantitative estimate of drug-likeness (QED) is 0.554. The predicted octanol–water partition coefficient (Wildman–Crippen LogP) is 1.12. The van der Waals surface area contributed by atoms with Gasteiger partial charge in [-0.1, -0.05) is 12.2 Å². The van der Waals surface area contributed by atoms with E-state index in [1.807, 2.05) is 0 Å². The summed E-state index contributed by atoms with van der Waals surface area (Å²) in [5.74, 6) is 0.294. The number of allylic oxidation sites excluding steroid dienone is 1. The third-order valence-electron chi connectivity index (χ3n) is 2.39. The standard InChI is InChI=1S/C10H19NO2S/c1-14(12,13)9-5-8-11-10-6-3-2-4-7-10/h2-3,10-11H,4-9H2,1H3. The van der Waals surface area contributed by atoms with Crippen LogP contribution >= 0.6 is 0 Å². The molecule has 1 aliphatic rings. The largest absolute Gasteiger partial charge is 0.314 e. The number of sulfone groups is 1. The Labute approximate surface area is 86.5 Å². The average molecular weight is 217 g/mol. The van der Waals surface area contributed by atoms with Gasteiger partial charge in [-0.3, -0.25) is 0 Å². The lowest BCUT2D eigenvalue weighted by Crippen LogP contribution is -2.31. The van der Waals surface area contributed by atoms with Crippen LogP contribution in [0.2, 0.25) is 0 Å². The number of hydrogen-bond acceptors (Lipinski definition) is 3. The molecule has 1 unspecified atom stereocenters. The minimum absolute atomic E-state index is 0.294. The molecule has 1 aliphatic carbocycles. The highest BCUT2D eigenvalue weighted by molar-refractivity contribution is 7.90. The van der Waals surface area contributed by atoms with E-state index in [1.54, 1.807) is 0 Å². The summed E-state index contributed by atoms with van der Waals surface area (Å²) in [5, 5.41) is 3.38. The maximum absolute atomic E-state index is 10.8. The Morgan fingerprint density at radius 2 is 2.21 bits per heavy atom. The fourth-order valence-corrected chi connectivity index (χ4v) is 2.29. The van der Waals surface area contributed by atoms with Crippen molar-refractivity contribution in [3.8, 4) is 0 Å². The molecule has 0 spiro atoms. The van der Waals surface area contributed by atoms with Gasteiger partial charge in [-0.05, 0) is 32.2 Å². The second-order valence-corrected chi connectivity index (χ2v) is 6.18. The Morgan fingerprint density at radius 1 is 1.43 bits per heavy atom. The van der Waals surface area contributed by atoms with E-state index in [1.165, 1.54) is 12.7 Å². The summed E-state index contributed by atoms with van der Waals surface area (Å²) in [7, 11) is -2.78. The molecule has 0 bridgehead atoms. The van der Waals surface area contributed by atoms with Crippen LogP contribution in [-0.4, -0.2) is 33.0 Å². The van der Waals surface area contributed by atoms with Crippen LogP contribution < -0.4 is 5.32 Å². The van der Waals surface area contributed by atoms with Gasteiger partial charge in [-0.2, -0.15) is 0 Å². The fraction of sp³-hybridized carbons (Fsp3) is 0.800. The molecule has 14 heavy (non-hydrogen) atoms. The summed E-state index contributed by atoms with van der Waals surface area (Å²) in [5.41, 5.74) is 0. The minimum atomic E-state index is -2.78. The highest BCUT2D eigenvalue weighted by Crippen LogP contribution is 2.10. The van der Waals surface area contributed by atoms with Crippen molar-refractivity contribution in [1.82, 2.24) is 5.32 Å². The van der Waals surface area contributed by atoms with Crippen LogP contribution in [0.25, 0.3) is 0 Å². The molecule has 0 heterocycles. The highest BCUT2D eigenvalue weighted by Gasteiger charge is 2.08. The smallest absolute Gasteiger partial charge is 0.147 e. The van der Waals surface area contributed by atoms with E-state index >= 15 is 0 Å². The number of hydrogen-bond donors (Lipinski definition) is 1. The SMILES string of the molecule is CS(=O)(=O)CCCNC1CC=CCC1. The normalized spacial score (nSPS) is 22.5. The second kappa shape index (κ2) is 5.51. The molecule has 1 N–H and O–H groups in total. The van der Waals surface area contributed by atoms with Crippen LogP contribution in [0.15, 0.2) is 12.2 Å². The van der Waals surface area contributed by atoms with Crippen molar-refractivity contribution in [2.45, 2.75) is 31.7 Å². The lowest BCUT2D eigenvalue weighted by Gasteiger charge is -2.19. The lowest BCUT2D eigenvalue weighted by atomic mass is 10.0. The van der Waals surface area contributed by atoms with E-state index in [4.69, 9.17) is 0 Å². The van der Waals surface area contributed by atoms with Crippen molar-refractivity contribution < 1.29 is 8.42 Å². The molecule has 1 atom stereocenters. The van der Waals surface area contributed by atoms with Crippen molar-refractivity contribution in [1.29, 1.82) is 0 Å². The predicted molar refractivity (Wildman–Crippen MR) is 59.1 cm³/mol. The van der Waals surface area contributed by atoms with E-state index in [9.17, 15) is 8.42 Å². The van der Waals surface area contributed by atoms with E-state index in [0.717, 1.165) is 25.8 Å². The van der Waals surface area contributed by atoms with Gasteiger partial charge in [-0.15, -0.1) is 0 Å². The Morgan fingerprint density at radius 3 is 2.79 bits per heavy atom. The van der Waals surface area contributed by atoms with Crippen LogP contribution in [-0.2, 0) is 9.84 Å². The summed E-state index contributed by atoms with van der Waals surface area (Å²) in [6, 6.07) is 0.555. The summed E-state index contributed by atoms with van der Waals surface area (Å²) >= 11 is 0. The molecule has 0 aromatic rings. The highest BCUT2D eigenvalue weighted by atomic mass is 32.2. The Kier molecular flexibility index (Phi) is 4.62. The lowest BCUT2D eigenvalue weighted by molar-refractivity contribution is 0.475. The van der Waals surface area contributed by atoms with Gasteiger partial charge in [0, 0.05) is 12.3 Å². The maximum Gasteiger partial charge on any atom is 0.147 e. The first-order valence-electron chi connectivity index (χ1n) is 5.14. The summed E-state index contributed by atoms with van der Waals surface area (Å²) in [6.07, 6.45) is 9.81. The van der Waals surface area contributed by atoms with Gasteiger partial charge in [-0.25, -0.2) is 8.42 Å². The number of nitrogens with one attached hydrogen (secondary N) is 1. The second-order valence-electron chi connectivity index (χ2n) is 3.92. The molecular weight excluding hydrogens is 198 g/mol. The van der Waals surface area contributed by atoms with Crippen LogP contribution in [0, 0.1) is 0 Å². The summed E-state index contributed by atoms with van der Waals surface area (Å²) in [6.45, 7) is 0.811. The van der Waals surface area contributed by atoms with Crippen molar-refractivity contribution >= 4 is 9.84 Å². The van der Waals surface area contributed by atoms with Gasteiger partial charge in [0.15, 0.2) is 0 Å². The van der Waals surface area contributed by atoms with Crippen LogP contribution in [0.4, 0.5) is 0 Å². The van der Waals surface area contributed by atoms with Gasteiger partial charge in [0.05, 0.1) is 5.75 Å². The van der Waals surface area contributed by atoms with Crippen LogP contribution in [0.1, 0.15) is 25.7 Å². The maximum atomic E-state index is 10.8. The van der Waals surface area contributed by atoms with Crippen molar-refractivity contribution in [3.63, 3.8) is 0 Å². The molecular formula is C10H19NO2S. The van der Waals surface area contributed by atoms with E-state index in [0.29, 0.717) is 11.8 Å². The molecule has 1 rings (SSSR count). The topological polar surface area (TPSA) is 46.2 Å². The van der Waals surface area contributed by atoms with Gasteiger partial charge in [0.25, 0.3) is 0 Å². The van der Waals surface area contributed by atoms with Crippen LogP contribution in [0.3, 0.4) is 0 Å². The molecule has 82 valence electrons. The molecule has 0 saturated carbocycles. The zero-order valence-electron chi connectivity index (χ0n) is 8.70. The summed E-state index contributed by atoms with van der Waals surface area (Å²) < 4.78 is 21.7. The van der Waals surface area contributed by atoms with Crippen LogP contribution in [0.5, 0.6) is 0 Å². The monoisotopic (exact) mass is 217 g/mol. The van der Waals surface area contributed by atoms with Gasteiger partial charge >= 0.3 is 0 Å². The molecule has 0 radical (unpaired) electrons. The first-order valence-corrected chi connectivity index (χ1v) is 7.20. The van der Waals surface area contributed by atoms with Crippen molar-refractivity contribution in [3.05, 3.63) is 12.2 Å². The molecule has 3 nitrogen and oxygen atoms in total. The Bertz CT molecular complexity index is 282.